The normalized spacial score (nSPS) is 17.7. The van der Waals surface area contributed by atoms with Crippen molar-refractivity contribution in [2.24, 2.45) is 0 Å². The minimum Gasteiger partial charge on any atom is -0.313 e. The Labute approximate surface area is 158 Å². The highest BCUT2D eigenvalue weighted by Crippen LogP contribution is 2.55. The molecular weight excluding hydrogens is 358 g/mol. The van der Waals surface area contributed by atoms with Gasteiger partial charge in [0.15, 0.2) is 11.5 Å². The van der Waals surface area contributed by atoms with E-state index in [1.807, 2.05) is 12.1 Å². The maximum atomic E-state index is 12.0. The molecule has 0 aliphatic heterocycles. The molecule has 1 saturated carbocycles. The number of nitrogens with one attached hydrogen (secondary N) is 2. The molecule has 0 radical (unpaired) electrons. The first-order valence-electron chi connectivity index (χ1n) is 8.69. The fourth-order valence-electron chi connectivity index (χ4n) is 3.38. The summed E-state index contributed by atoms with van der Waals surface area (Å²) in [6.07, 6.45) is 2.12. The van der Waals surface area contributed by atoms with Gasteiger partial charge in [0.1, 0.15) is 11.8 Å². The molecule has 1 aliphatic rings. The molecule has 8 heteroatoms. The van der Waals surface area contributed by atoms with Crippen LogP contribution in [0.3, 0.4) is 0 Å². The second kappa shape index (κ2) is 6.70. The van der Waals surface area contributed by atoms with E-state index in [0.717, 1.165) is 17.5 Å². The second-order valence-corrected chi connectivity index (χ2v) is 6.76. The molecule has 4 rings (SSSR count). The Bertz CT molecular complexity index is 1230. The summed E-state index contributed by atoms with van der Waals surface area (Å²) in [5.41, 5.74) is 1.98. The number of ketones is 1. The zero-order chi connectivity index (χ0) is 19.8. The molecule has 8 nitrogen and oxygen atoms in total. The second-order valence-electron chi connectivity index (χ2n) is 6.76. The number of hydrogen-bond acceptors (Lipinski definition) is 6. The highest BCUT2D eigenvalue weighted by atomic mass is 16.2. The lowest BCUT2D eigenvalue weighted by Crippen LogP contribution is -2.23. The van der Waals surface area contributed by atoms with E-state index >= 15 is 0 Å². The number of carbonyl (C=O) groups is 1. The number of H-pyrrole nitrogens is 2. The number of nitrogens with zero attached hydrogens (tertiary/aromatic N) is 3. The molecule has 1 aliphatic carbocycles. The van der Waals surface area contributed by atoms with E-state index in [-0.39, 0.29) is 28.9 Å². The number of hydrogen-bond donors (Lipinski definition) is 2. The van der Waals surface area contributed by atoms with Crippen LogP contribution >= 0.6 is 0 Å². The van der Waals surface area contributed by atoms with Gasteiger partial charge in [-0.05, 0) is 42.4 Å². The zero-order valence-corrected chi connectivity index (χ0v) is 14.9. The Balaban J connectivity index is 1.68. The molecule has 2 atom stereocenters. The van der Waals surface area contributed by atoms with Crippen LogP contribution in [0.4, 0.5) is 0 Å². The molecule has 0 bridgehead atoms. The summed E-state index contributed by atoms with van der Waals surface area (Å²) in [6, 6.07) is 11.2. The Morgan fingerprint density at radius 1 is 1.18 bits per heavy atom. The highest BCUT2D eigenvalue weighted by molar-refractivity contribution is 5.94. The number of benzene rings is 1. The Hall–Kier alpha value is -3.86. The van der Waals surface area contributed by atoms with Crippen LogP contribution in [0.1, 0.15) is 52.4 Å². The van der Waals surface area contributed by atoms with Crippen molar-refractivity contribution in [2.75, 3.05) is 0 Å². The molecule has 0 spiro atoms. The van der Waals surface area contributed by atoms with E-state index in [1.165, 1.54) is 13.1 Å². The first-order valence-corrected chi connectivity index (χ1v) is 8.69. The number of rotatable bonds is 4. The highest BCUT2D eigenvalue weighted by Gasteiger charge is 2.41. The summed E-state index contributed by atoms with van der Waals surface area (Å²) in [7, 11) is 0. The van der Waals surface area contributed by atoms with E-state index in [1.54, 1.807) is 18.2 Å². The molecule has 28 heavy (non-hydrogen) atoms. The van der Waals surface area contributed by atoms with Gasteiger partial charge in [0.25, 0.3) is 5.56 Å². The first kappa shape index (κ1) is 17.5. The molecule has 3 aromatic rings. The smallest absolute Gasteiger partial charge is 0.313 e. The van der Waals surface area contributed by atoms with Gasteiger partial charge in [-0.3, -0.25) is 14.6 Å². The van der Waals surface area contributed by atoms with Crippen molar-refractivity contribution in [3.8, 4) is 17.3 Å². The van der Waals surface area contributed by atoms with E-state index in [4.69, 9.17) is 0 Å². The monoisotopic (exact) mass is 373 g/mol. The van der Waals surface area contributed by atoms with Gasteiger partial charge in [0, 0.05) is 11.8 Å². The van der Waals surface area contributed by atoms with Gasteiger partial charge >= 0.3 is 5.69 Å². The fourth-order valence-corrected chi connectivity index (χ4v) is 3.38. The molecule has 2 aromatic heterocycles. The van der Waals surface area contributed by atoms with E-state index in [2.05, 4.69) is 26.2 Å². The van der Waals surface area contributed by atoms with Gasteiger partial charge in [-0.2, -0.15) is 5.26 Å². The standard InChI is InChI=1S/C20H15N5O3/c1-10(26)11-2-4-12(5-3-11)13-6-14(13)15-7-17(24-25-18(15)8-21)16-9-22-20(28)23-19(16)27/h2-5,7,9,13-14H,6H2,1H3,(H2,22,23,27,28)/t13-,14+/m1/s1. The number of nitriles is 1. The van der Waals surface area contributed by atoms with Crippen molar-refractivity contribution in [1.29, 1.82) is 5.26 Å². The summed E-state index contributed by atoms with van der Waals surface area (Å²) < 4.78 is 0. The molecule has 1 fully saturated rings. The van der Waals surface area contributed by atoms with Crippen LogP contribution in [-0.4, -0.2) is 25.9 Å². The van der Waals surface area contributed by atoms with Gasteiger partial charge < -0.3 is 4.98 Å². The summed E-state index contributed by atoms with van der Waals surface area (Å²) in [5, 5.41) is 17.3. The minimum absolute atomic E-state index is 0.0137. The third-order valence-electron chi connectivity index (χ3n) is 4.96. The number of Topliss-reactive ketones (excluding diaryl/α,β-unsaturated/α-hetero) is 1. The van der Waals surface area contributed by atoms with Gasteiger partial charge in [0.05, 0.1) is 5.56 Å². The molecular formula is C20H15N5O3. The topological polar surface area (TPSA) is 132 Å². The summed E-state index contributed by atoms with van der Waals surface area (Å²) in [5.74, 6) is 0.299. The maximum absolute atomic E-state index is 12.0. The van der Waals surface area contributed by atoms with Crippen molar-refractivity contribution in [2.45, 2.75) is 25.2 Å². The Morgan fingerprint density at radius 3 is 2.57 bits per heavy atom. The lowest BCUT2D eigenvalue weighted by Gasteiger charge is -2.06. The van der Waals surface area contributed by atoms with Crippen LogP contribution in [0.5, 0.6) is 0 Å². The summed E-state index contributed by atoms with van der Waals surface area (Å²) in [4.78, 5) is 39.2. The van der Waals surface area contributed by atoms with Crippen LogP contribution in [-0.2, 0) is 0 Å². The van der Waals surface area contributed by atoms with Crippen molar-refractivity contribution in [1.82, 2.24) is 20.2 Å². The van der Waals surface area contributed by atoms with Crippen LogP contribution in [0, 0.1) is 11.3 Å². The van der Waals surface area contributed by atoms with Gasteiger partial charge in [-0.25, -0.2) is 4.79 Å². The van der Waals surface area contributed by atoms with Crippen molar-refractivity contribution >= 4 is 5.78 Å². The molecule has 1 aromatic carbocycles. The average molecular weight is 373 g/mol. The molecule has 138 valence electrons. The molecule has 0 amide bonds. The Kier molecular flexibility index (Phi) is 4.20. The third-order valence-corrected chi connectivity index (χ3v) is 4.96. The van der Waals surface area contributed by atoms with Crippen molar-refractivity contribution < 1.29 is 4.79 Å². The lowest BCUT2D eigenvalue weighted by atomic mass is 10.0. The third kappa shape index (κ3) is 3.14. The van der Waals surface area contributed by atoms with Crippen LogP contribution in [0.25, 0.3) is 11.3 Å². The minimum atomic E-state index is -0.605. The average Bonchev–Trinajstić information content (AvgIpc) is 3.48. The number of carbonyl (C=O) groups excluding carboxylic acids is 1. The lowest BCUT2D eigenvalue weighted by molar-refractivity contribution is 0.101. The van der Waals surface area contributed by atoms with Crippen LogP contribution < -0.4 is 11.2 Å². The SMILES string of the molecule is CC(=O)c1ccc([C@H]2C[C@@H]2c2cc(-c3c[nH]c(=O)[nH]c3=O)nnc2C#N)cc1. The van der Waals surface area contributed by atoms with Crippen molar-refractivity contribution in [3.05, 3.63) is 79.8 Å². The number of aromatic amines is 2. The largest absolute Gasteiger partial charge is 0.325 e. The summed E-state index contributed by atoms with van der Waals surface area (Å²) >= 11 is 0. The van der Waals surface area contributed by atoms with Gasteiger partial charge in [0.2, 0.25) is 0 Å². The number of aromatic nitrogens is 4. The van der Waals surface area contributed by atoms with Crippen LogP contribution in [0.2, 0.25) is 0 Å². The zero-order valence-electron chi connectivity index (χ0n) is 14.9. The van der Waals surface area contributed by atoms with Gasteiger partial charge in [-0.1, -0.05) is 24.3 Å². The molecule has 2 heterocycles. The quantitative estimate of drug-likeness (QED) is 0.671. The summed E-state index contributed by atoms with van der Waals surface area (Å²) in [6.45, 7) is 1.52. The van der Waals surface area contributed by atoms with E-state index < -0.39 is 11.2 Å². The molecule has 2 N–H and O–H groups in total. The predicted octanol–water partition coefficient (Wildman–Crippen LogP) is 1.87. The predicted molar refractivity (Wildman–Crippen MR) is 100.0 cm³/mol. The maximum Gasteiger partial charge on any atom is 0.325 e. The van der Waals surface area contributed by atoms with Crippen molar-refractivity contribution in [3.63, 3.8) is 0 Å². The molecule has 0 unspecified atom stereocenters. The Morgan fingerprint density at radius 2 is 1.93 bits per heavy atom. The molecule has 0 saturated heterocycles. The van der Waals surface area contributed by atoms with Gasteiger partial charge in [-0.15, -0.1) is 10.2 Å². The fraction of sp³-hybridized carbons (Fsp3) is 0.200. The van der Waals surface area contributed by atoms with E-state index in [0.29, 0.717) is 11.3 Å². The first-order chi connectivity index (χ1) is 13.5. The van der Waals surface area contributed by atoms with Crippen LogP contribution in [0.15, 0.2) is 46.1 Å². The van der Waals surface area contributed by atoms with E-state index in [9.17, 15) is 19.6 Å².